The summed E-state index contributed by atoms with van der Waals surface area (Å²) in [6.45, 7) is 7.15. The number of carbonyl (C=O) groups excluding carboxylic acids is 7. The van der Waals surface area contributed by atoms with Crippen LogP contribution in [0.3, 0.4) is 0 Å². The van der Waals surface area contributed by atoms with Gasteiger partial charge in [-0.05, 0) is 0 Å². The van der Waals surface area contributed by atoms with Gasteiger partial charge in [-0.2, -0.15) is 0 Å². The molecule has 1 heterocycles. The second-order valence-corrected chi connectivity index (χ2v) is 10.3. The summed E-state index contributed by atoms with van der Waals surface area (Å²) in [5.41, 5.74) is 0. The Labute approximate surface area is 281 Å². The molecule has 1 rings (SSSR count). The molecule has 4 N–H and O–H groups in total. The van der Waals surface area contributed by atoms with Crippen LogP contribution in [-0.4, -0.2) is 150 Å². The number of nitrogens with one attached hydrogen (secondary N) is 4. The summed E-state index contributed by atoms with van der Waals surface area (Å²) in [5.74, 6) is -1.80. The maximum Gasteiger partial charge on any atom is 0.253 e. The van der Waals surface area contributed by atoms with Crippen LogP contribution in [0.25, 0.3) is 0 Å². The van der Waals surface area contributed by atoms with Crippen LogP contribution in [0.2, 0.25) is 0 Å². The highest BCUT2D eigenvalue weighted by Crippen LogP contribution is 2.06. The molecule has 0 aromatic carbocycles. The monoisotopic (exact) mass is 684 g/mol. The Hall–Kier alpha value is -3.93. The Bertz CT molecular complexity index is 986. The van der Waals surface area contributed by atoms with Gasteiger partial charge in [0.2, 0.25) is 29.5 Å². The number of carbonyl (C=O) groups is 7. The number of ether oxygens (including phenoxy) is 4. The van der Waals surface area contributed by atoms with Crippen molar-refractivity contribution in [2.45, 2.75) is 46.0 Å². The standard InChI is InChI=1S/C31H52N6O11/c1-3-25(38)32-10-19-47-21-12-34-27(40)8-17-45-23-15-36(29(42)7-14-37-30(43)5-6-31(37)44)16-24-46-18-9-28(41)35-13-22-48-20-11-33-26(39)4-2/h5-6H,3-4,7-24H2,1-2H3,(H,32,38)(H,33,39)(H,34,40)(H,35,41). The summed E-state index contributed by atoms with van der Waals surface area (Å²) in [6.07, 6.45) is 3.28. The molecule has 0 aromatic heterocycles. The molecule has 0 aromatic rings. The van der Waals surface area contributed by atoms with Crippen molar-refractivity contribution in [2.24, 2.45) is 0 Å². The van der Waals surface area contributed by atoms with Crippen molar-refractivity contribution >= 4 is 41.4 Å². The molecule has 0 saturated carbocycles. The minimum absolute atomic E-state index is 0.0517. The van der Waals surface area contributed by atoms with Gasteiger partial charge < -0.3 is 45.1 Å². The average Bonchev–Trinajstić information content (AvgIpc) is 3.40. The summed E-state index contributed by atoms with van der Waals surface area (Å²) in [6, 6.07) is 0. The predicted octanol–water partition coefficient (Wildman–Crippen LogP) is -1.74. The van der Waals surface area contributed by atoms with Crippen LogP contribution in [0.1, 0.15) is 46.0 Å². The van der Waals surface area contributed by atoms with Crippen LogP contribution in [0, 0.1) is 0 Å². The molecule has 0 radical (unpaired) electrons. The van der Waals surface area contributed by atoms with E-state index in [9.17, 15) is 33.6 Å². The third-order valence-corrected chi connectivity index (χ3v) is 6.68. The van der Waals surface area contributed by atoms with Gasteiger partial charge in [0.05, 0.1) is 52.9 Å². The fourth-order valence-electron chi connectivity index (χ4n) is 3.94. The van der Waals surface area contributed by atoms with E-state index in [1.165, 1.54) is 4.90 Å². The van der Waals surface area contributed by atoms with Gasteiger partial charge in [0, 0.05) is 90.1 Å². The maximum atomic E-state index is 12.9. The van der Waals surface area contributed by atoms with Crippen molar-refractivity contribution in [3.8, 4) is 0 Å². The highest BCUT2D eigenvalue weighted by molar-refractivity contribution is 6.13. The molecule has 0 unspecified atom stereocenters. The Morgan fingerprint density at radius 1 is 0.562 bits per heavy atom. The zero-order chi connectivity index (χ0) is 35.4. The van der Waals surface area contributed by atoms with Crippen molar-refractivity contribution in [3.05, 3.63) is 12.2 Å². The first-order valence-corrected chi connectivity index (χ1v) is 16.4. The second kappa shape index (κ2) is 27.1. The number of hydrogen-bond acceptors (Lipinski definition) is 11. The van der Waals surface area contributed by atoms with Gasteiger partial charge in [-0.25, -0.2) is 0 Å². The van der Waals surface area contributed by atoms with Gasteiger partial charge in [-0.1, -0.05) is 13.8 Å². The molecule has 0 atom stereocenters. The highest BCUT2D eigenvalue weighted by atomic mass is 16.5. The van der Waals surface area contributed by atoms with Crippen molar-refractivity contribution in [3.63, 3.8) is 0 Å². The third-order valence-electron chi connectivity index (χ3n) is 6.68. The summed E-state index contributed by atoms with van der Waals surface area (Å²) in [5, 5.41) is 10.8. The van der Waals surface area contributed by atoms with Crippen LogP contribution in [-0.2, 0) is 52.5 Å². The molecule has 0 aliphatic carbocycles. The van der Waals surface area contributed by atoms with Gasteiger partial charge in [0.25, 0.3) is 11.8 Å². The molecule has 0 spiro atoms. The number of rotatable bonds is 29. The number of amides is 7. The molecule has 0 saturated heterocycles. The zero-order valence-corrected chi connectivity index (χ0v) is 28.2. The van der Waals surface area contributed by atoms with E-state index in [1.807, 2.05) is 0 Å². The normalized spacial score (nSPS) is 12.2. The lowest BCUT2D eigenvalue weighted by Gasteiger charge is -2.24. The van der Waals surface area contributed by atoms with Gasteiger partial charge in [-0.15, -0.1) is 0 Å². The topological polar surface area (TPSA) is 211 Å². The van der Waals surface area contributed by atoms with Gasteiger partial charge in [-0.3, -0.25) is 38.5 Å². The number of imide groups is 1. The molecule has 272 valence electrons. The molecular formula is C31H52N6O11. The summed E-state index contributed by atoms with van der Waals surface area (Å²) in [4.78, 5) is 85.4. The van der Waals surface area contributed by atoms with E-state index in [4.69, 9.17) is 18.9 Å². The van der Waals surface area contributed by atoms with Crippen LogP contribution in [0.4, 0.5) is 0 Å². The van der Waals surface area contributed by atoms with E-state index in [1.54, 1.807) is 13.8 Å². The highest BCUT2D eigenvalue weighted by Gasteiger charge is 2.25. The lowest BCUT2D eigenvalue weighted by molar-refractivity contribution is -0.139. The second-order valence-electron chi connectivity index (χ2n) is 10.3. The summed E-state index contributed by atoms with van der Waals surface area (Å²) in [7, 11) is 0. The first-order chi connectivity index (χ1) is 23.2. The quantitative estimate of drug-likeness (QED) is 0.0513. The Morgan fingerprint density at radius 3 is 1.33 bits per heavy atom. The Morgan fingerprint density at radius 2 is 0.938 bits per heavy atom. The molecule has 1 aliphatic heterocycles. The third kappa shape index (κ3) is 21.0. The lowest BCUT2D eigenvalue weighted by Crippen LogP contribution is -2.40. The number of nitrogens with zero attached hydrogens (tertiary/aromatic N) is 2. The van der Waals surface area contributed by atoms with E-state index in [0.29, 0.717) is 65.4 Å². The van der Waals surface area contributed by atoms with Crippen LogP contribution < -0.4 is 21.3 Å². The van der Waals surface area contributed by atoms with Crippen LogP contribution in [0.15, 0.2) is 12.2 Å². The van der Waals surface area contributed by atoms with Crippen molar-refractivity contribution in [1.29, 1.82) is 0 Å². The average molecular weight is 685 g/mol. The molecule has 1 aliphatic rings. The fraction of sp³-hybridized carbons (Fsp3) is 0.710. The van der Waals surface area contributed by atoms with Gasteiger partial charge in [0.15, 0.2) is 0 Å². The molecule has 17 heteroatoms. The van der Waals surface area contributed by atoms with Crippen molar-refractivity contribution < 1.29 is 52.5 Å². The molecule has 17 nitrogen and oxygen atoms in total. The van der Waals surface area contributed by atoms with E-state index in [-0.39, 0.29) is 94.9 Å². The molecule has 48 heavy (non-hydrogen) atoms. The fourth-order valence-corrected chi connectivity index (χ4v) is 3.94. The summed E-state index contributed by atoms with van der Waals surface area (Å²) < 4.78 is 21.8. The van der Waals surface area contributed by atoms with E-state index < -0.39 is 11.8 Å². The van der Waals surface area contributed by atoms with Gasteiger partial charge >= 0.3 is 0 Å². The Kier molecular flexibility index (Phi) is 23.7. The predicted molar refractivity (Wildman–Crippen MR) is 172 cm³/mol. The largest absolute Gasteiger partial charge is 0.379 e. The van der Waals surface area contributed by atoms with E-state index in [0.717, 1.165) is 17.1 Å². The SMILES string of the molecule is CCC(=O)NCCOCCNC(=O)CCOCCN(CCOCCC(=O)NCCOCCNC(=O)CC)C(=O)CCN1C(=O)C=CC1=O. The minimum atomic E-state index is -0.471. The lowest BCUT2D eigenvalue weighted by atomic mass is 10.3. The van der Waals surface area contributed by atoms with Gasteiger partial charge in [0.1, 0.15) is 0 Å². The first kappa shape index (κ1) is 42.1. The molecular weight excluding hydrogens is 632 g/mol. The minimum Gasteiger partial charge on any atom is -0.379 e. The van der Waals surface area contributed by atoms with E-state index in [2.05, 4.69) is 21.3 Å². The smallest absolute Gasteiger partial charge is 0.253 e. The van der Waals surface area contributed by atoms with Crippen LogP contribution in [0.5, 0.6) is 0 Å². The van der Waals surface area contributed by atoms with Crippen LogP contribution >= 0.6 is 0 Å². The molecule has 0 fully saturated rings. The summed E-state index contributed by atoms with van der Waals surface area (Å²) >= 11 is 0. The van der Waals surface area contributed by atoms with Crippen molar-refractivity contribution in [2.75, 3.05) is 98.7 Å². The zero-order valence-electron chi connectivity index (χ0n) is 28.2. The first-order valence-electron chi connectivity index (χ1n) is 16.4. The molecule has 7 amide bonds. The maximum absolute atomic E-state index is 12.9. The van der Waals surface area contributed by atoms with Crippen molar-refractivity contribution in [1.82, 2.24) is 31.1 Å². The Balaban J connectivity index is 2.29. The molecule has 0 bridgehead atoms. The van der Waals surface area contributed by atoms with E-state index >= 15 is 0 Å². The number of hydrogen-bond donors (Lipinski definition) is 4.